The minimum absolute atomic E-state index is 0.556. The number of primary amides is 1. The normalized spacial score (nSPS) is 10.0. The molecule has 0 aliphatic carbocycles. The third-order valence-electron chi connectivity index (χ3n) is 2.32. The van der Waals surface area contributed by atoms with Gasteiger partial charge in [-0.1, -0.05) is 13.8 Å². The van der Waals surface area contributed by atoms with E-state index in [1.54, 1.807) is 12.3 Å². The van der Waals surface area contributed by atoms with E-state index < -0.39 is 6.03 Å². The first-order valence-electron chi connectivity index (χ1n) is 5.94. The maximum Gasteiger partial charge on any atom is 0.316 e. The number of nitrogens with two attached hydrogens (primary N) is 1. The Kier molecular flexibility index (Phi) is 5.26. The quantitative estimate of drug-likeness (QED) is 0.795. The van der Waals surface area contributed by atoms with Crippen molar-refractivity contribution >= 4 is 17.5 Å². The van der Waals surface area contributed by atoms with E-state index in [2.05, 4.69) is 29.0 Å². The van der Waals surface area contributed by atoms with Crippen LogP contribution in [0, 0.1) is 0 Å². The van der Waals surface area contributed by atoms with Gasteiger partial charge in [-0.3, -0.25) is 0 Å². The van der Waals surface area contributed by atoms with Crippen LogP contribution in [-0.2, 0) is 0 Å². The molecule has 0 aromatic carbocycles. The highest BCUT2D eigenvalue weighted by molar-refractivity contribution is 5.88. The largest absolute Gasteiger partial charge is 0.357 e. The molecule has 3 N–H and O–H groups in total. The minimum atomic E-state index is -0.556. The van der Waals surface area contributed by atoms with Gasteiger partial charge < -0.3 is 16.0 Å². The summed E-state index contributed by atoms with van der Waals surface area (Å²) in [6, 6.07) is 3.01. The molecule has 1 heterocycles. The number of carbonyl (C=O) groups is 1. The van der Waals surface area contributed by atoms with E-state index in [1.807, 2.05) is 6.07 Å². The molecule has 5 nitrogen and oxygen atoms in total. The average molecular weight is 236 g/mol. The number of urea groups is 1. The molecule has 0 saturated carbocycles. The molecule has 17 heavy (non-hydrogen) atoms. The number of nitrogens with one attached hydrogen (secondary N) is 1. The van der Waals surface area contributed by atoms with Gasteiger partial charge >= 0.3 is 6.03 Å². The van der Waals surface area contributed by atoms with Crippen molar-refractivity contribution in [3.05, 3.63) is 18.3 Å². The van der Waals surface area contributed by atoms with E-state index in [9.17, 15) is 4.79 Å². The topological polar surface area (TPSA) is 71.2 Å². The fourth-order valence-electron chi connectivity index (χ4n) is 1.69. The summed E-state index contributed by atoms with van der Waals surface area (Å²) in [5.74, 6) is 0.875. The molecule has 5 heteroatoms. The number of amides is 2. The van der Waals surface area contributed by atoms with Gasteiger partial charge in [0.2, 0.25) is 0 Å². The summed E-state index contributed by atoms with van der Waals surface area (Å²) in [5.41, 5.74) is 5.76. The third kappa shape index (κ3) is 4.30. The summed E-state index contributed by atoms with van der Waals surface area (Å²) < 4.78 is 0. The average Bonchev–Trinajstić information content (AvgIpc) is 2.28. The van der Waals surface area contributed by atoms with Gasteiger partial charge in [0.1, 0.15) is 5.82 Å². The Bertz CT molecular complexity index is 361. The molecule has 0 spiro atoms. The first-order chi connectivity index (χ1) is 8.17. The second-order valence-electron chi connectivity index (χ2n) is 3.88. The number of rotatable bonds is 6. The number of anilines is 2. The molecule has 0 aliphatic heterocycles. The van der Waals surface area contributed by atoms with Crippen LogP contribution in [0.25, 0.3) is 0 Å². The smallest absolute Gasteiger partial charge is 0.316 e. The van der Waals surface area contributed by atoms with Crippen molar-refractivity contribution in [1.82, 2.24) is 4.98 Å². The molecule has 0 bridgehead atoms. The number of pyridine rings is 1. The summed E-state index contributed by atoms with van der Waals surface area (Å²) >= 11 is 0. The number of hydrogen-bond acceptors (Lipinski definition) is 3. The highest BCUT2D eigenvalue weighted by atomic mass is 16.2. The van der Waals surface area contributed by atoms with Crippen LogP contribution in [0.15, 0.2) is 18.3 Å². The van der Waals surface area contributed by atoms with Gasteiger partial charge in [-0.15, -0.1) is 0 Å². The van der Waals surface area contributed by atoms with Crippen molar-refractivity contribution in [3.63, 3.8) is 0 Å². The van der Waals surface area contributed by atoms with Crippen LogP contribution in [0.3, 0.4) is 0 Å². The highest BCUT2D eigenvalue weighted by Crippen LogP contribution is 2.16. The Morgan fingerprint density at radius 1 is 1.41 bits per heavy atom. The Balaban J connectivity index is 2.83. The van der Waals surface area contributed by atoms with E-state index in [0.29, 0.717) is 5.69 Å². The standard InChI is InChI=1S/C12H20N4O/c1-3-7-16(8-4-2)11-9-10(5-6-14-11)15-12(13)17/h5-6,9H,3-4,7-8H2,1-2H3,(H3,13,14,15,17). The Morgan fingerprint density at radius 3 is 2.59 bits per heavy atom. The van der Waals surface area contributed by atoms with Gasteiger partial charge in [0.15, 0.2) is 0 Å². The molecule has 1 aromatic heterocycles. The zero-order chi connectivity index (χ0) is 12.7. The van der Waals surface area contributed by atoms with Crippen LogP contribution >= 0.6 is 0 Å². The molecule has 0 fully saturated rings. The van der Waals surface area contributed by atoms with Crippen molar-refractivity contribution < 1.29 is 4.79 Å². The van der Waals surface area contributed by atoms with Crippen molar-refractivity contribution in [2.24, 2.45) is 5.73 Å². The maximum absolute atomic E-state index is 10.8. The Labute approximate surface area is 102 Å². The van der Waals surface area contributed by atoms with E-state index in [4.69, 9.17) is 5.73 Å². The molecule has 0 radical (unpaired) electrons. The molecular weight excluding hydrogens is 216 g/mol. The van der Waals surface area contributed by atoms with Gasteiger partial charge in [-0.2, -0.15) is 0 Å². The number of hydrogen-bond donors (Lipinski definition) is 2. The summed E-state index contributed by atoms with van der Waals surface area (Å²) in [5, 5.41) is 2.56. The van der Waals surface area contributed by atoms with Crippen LogP contribution < -0.4 is 16.0 Å². The lowest BCUT2D eigenvalue weighted by Gasteiger charge is -2.22. The van der Waals surface area contributed by atoms with Crippen molar-refractivity contribution in [2.45, 2.75) is 26.7 Å². The van der Waals surface area contributed by atoms with Crippen LogP contribution in [0.4, 0.5) is 16.3 Å². The molecular formula is C12H20N4O. The number of nitrogens with zero attached hydrogens (tertiary/aromatic N) is 2. The van der Waals surface area contributed by atoms with Crippen molar-refractivity contribution in [1.29, 1.82) is 0 Å². The second-order valence-corrected chi connectivity index (χ2v) is 3.88. The summed E-state index contributed by atoms with van der Waals surface area (Å²) in [6.45, 7) is 6.18. The minimum Gasteiger partial charge on any atom is -0.357 e. The summed E-state index contributed by atoms with van der Waals surface area (Å²) in [6.07, 6.45) is 3.81. The monoisotopic (exact) mass is 236 g/mol. The van der Waals surface area contributed by atoms with Gasteiger partial charge in [0.25, 0.3) is 0 Å². The second kappa shape index (κ2) is 6.73. The SMILES string of the molecule is CCCN(CCC)c1cc(NC(N)=O)ccn1. The van der Waals surface area contributed by atoms with Gasteiger partial charge in [-0.25, -0.2) is 9.78 Å². The van der Waals surface area contributed by atoms with E-state index in [-0.39, 0.29) is 0 Å². The van der Waals surface area contributed by atoms with Crippen LogP contribution in [0.1, 0.15) is 26.7 Å². The zero-order valence-corrected chi connectivity index (χ0v) is 10.4. The highest BCUT2D eigenvalue weighted by Gasteiger charge is 2.07. The molecule has 0 saturated heterocycles. The molecule has 1 aromatic rings. The molecule has 0 atom stereocenters. The predicted molar refractivity (Wildman–Crippen MR) is 70.2 cm³/mol. The van der Waals surface area contributed by atoms with Crippen LogP contribution in [0.5, 0.6) is 0 Å². The molecule has 0 aliphatic rings. The van der Waals surface area contributed by atoms with E-state index >= 15 is 0 Å². The maximum atomic E-state index is 10.8. The van der Waals surface area contributed by atoms with E-state index in [1.165, 1.54) is 0 Å². The molecule has 94 valence electrons. The molecule has 2 amide bonds. The number of carbonyl (C=O) groups excluding carboxylic acids is 1. The third-order valence-corrected chi connectivity index (χ3v) is 2.32. The van der Waals surface area contributed by atoms with Gasteiger partial charge in [-0.05, 0) is 18.9 Å². The fourth-order valence-corrected chi connectivity index (χ4v) is 1.69. The molecule has 0 unspecified atom stereocenters. The van der Waals surface area contributed by atoms with Gasteiger partial charge in [0, 0.05) is 31.0 Å². The van der Waals surface area contributed by atoms with Gasteiger partial charge in [0.05, 0.1) is 0 Å². The fraction of sp³-hybridized carbons (Fsp3) is 0.500. The Morgan fingerprint density at radius 2 is 2.06 bits per heavy atom. The molecule has 1 rings (SSSR count). The predicted octanol–water partition coefficient (Wildman–Crippen LogP) is 2.20. The lowest BCUT2D eigenvalue weighted by Crippen LogP contribution is -2.26. The first kappa shape index (κ1) is 13.3. The lowest BCUT2D eigenvalue weighted by atomic mass is 10.3. The van der Waals surface area contributed by atoms with Crippen LogP contribution in [-0.4, -0.2) is 24.1 Å². The summed E-state index contributed by atoms with van der Waals surface area (Å²) in [7, 11) is 0. The first-order valence-corrected chi connectivity index (χ1v) is 5.94. The lowest BCUT2D eigenvalue weighted by molar-refractivity contribution is 0.259. The Hall–Kier alpha value is -1.78. The van der Waals surface area contributed by atoms with Crippen LogP contribution in [0.2, 0.25) is 0 Å². The summed E-state index contributed by atoms with van der Waals surface area (Å²) in [4.78, 5) is 17.3. The van der Waals surface area contributed by atoms with Crippen molar-refractivity contribution in [3.8, 4) is 0 Å². The van der Waals surface area contributed by atoms with Crippen molar-refractivity contribution in [2.75, 3.05) is 23.3 Å². The van der Waals surface area contributed by atoms with E-state index in [0.717, 1.165) is 31.7 Å². The number of aromatic nitrogens is 1. The zero-order valence-electron chi connectivity index (χ0n) is 10.4.